The van der Waals surface area contributed by atoms with Crippen molar-refractivity contribution in [2.45, 2.75) is 0 Å². The number of aliphatic hydroxyl groups is 2. The van der Waals surface area contributed by atoms with Gasteiger partial charge in [0.15, 0.2) is 0 Å². The zero-order valence-corrected chi connectivity index (χ0v) is 14.8. The van der Waals surface area contributed by atoms with Crippen molar-refractivity contribution in [2.75, 3.05) is 105 Å². The molecule has 0 spiro atoms. The lowest BCUT2D eigenvalue weighted by Crippen LogP contribution is -3.13. The highest BCUT2D eigenvalue weighted by molar-refractivity contribution is 4.39. The molecule has 1 aliphatic heterocycles. The van der Waals surface area contributed by atoms with Crippen LogP contribution in [-0.2, 0) is 18.9 Å². The molecule has 1 fully saturated rings. The molecule has 24 heavy (non-hydrogen) atoms. The number of aliphatic hydroxyl groups excluding tert-OH is 2. The number of hydrogen-bond acceptors (Lipinski definition) is 6. The van der Waals surface area contributed by atoms with Gasteiger partial charge in [0.05, 0.1) is 66.1 Å². The summed E-state index contributed by atoms with van der Waals surface area (Å²) < 4.78 is 22.4. The van der Waals surface area contributed by atoms with Crippen molar-refractivity contribution >= 4 is 0 Å². The zero-order valence-electron chi connectivity index (χ0n) is 14.8. The molecule has 1 heterocycles. The number of quaternary nitrogens is 2. The average Bonchev–Trinajstić information content (AvgIpc) is 2.58. The summed E-state index contributed by atoms with van der Waals surface area (Å²) >= 11 is 0. The summed E-state index contributed by atoms with van der Waals surface area (Å²) in [4.78, 5) is 2.56. The van der Waals surface area contributed by atoms with Crippen molar-refractivity contribution in [1.82, 2.24) is 0 Å². The van der Waals surface area contributed by atoms with Gasteiger partial charge < -0.3 is 39.0 Å². The summed E-state index contributed by atoms with van der Waals surface area (Å²) in [5.74, 6) is 0. The van der Waals surface area contributed by atoms with Crippen LogP contribution in [0, 0.1) is 0 Å². The summed E-state index contributed by atoms with van der Waals surface area (Å²) in [5.41, 5.74) is 0. The van der Waals surface area contributed by atoms with Crippen LogP contribution in [0.1, 0.15) is 0 Å². The van der Waals surface area contributed by atoms with Crippen molar-refractivity contribution in [1.29, 1.82) is 0 Å². The van der Waals surface area contributed by atoms with Gasteiger partial charge in [0.1, 0.15) is 39.3 Å². The fraction of sp³-hybridized carbons (Fsp3) is 1.00. The van der Waals surface area contributed by atoms with E-state index in [1.54, 1.807) is 0 Å². The summed E-state index contributed by atoms with van der Waals surface area (Å²) in [6, 6.07) is 0. The Kier molecular flexibility index (Phi) is 14.6. The quantitative estimate of drug-likeness (QED) is 0.411. The van der Waals surface area contributed by atoms with Crippen LogP contribution in [-0.4, -0.2) is 116 Å². The third-order valence-electron chi connectivity index (χ3n) is 4.07. The normalized spacial score (nSPS) is 27.2. The Hall–Kier alpha value is -0.320. The molecular weight excluding hydrogens is 316 g/mol. The molecule has 1 saturated heterocycles. The molecule has 0 unspecified atom stereocenters. The van der Waals surface area contributed by atoms with Crippen LogP contribution in [0.15, 0.2) is 0 Å². The second-order valence-corrected chi connectivity index (χ2v) is 5.90. The third kappa shape index (κ3) is 12.1. The van der Waals surface area contributed by atoms with E-state index in [4.69, 9.17) is 29.2 Å². The highest BCUT2D eigenvalue weighted by Crippen LogP contribution is 1.79. The minimum Gasteiger partial charge on any atom is -0.391 e. The molecule has 0 atom stereocenters. The summed E-state index contributed by atoms with van der Waals surface area (Å²) in [5, 5.41) is 18.2. The van der Waals surface area contributed by atoms with E-state index in [1.807, 2.05) is 0 Å². The van der Waals surface area contributed by atoms with Gasteiger partial charge in [-0.1, -0.05) is 0 Å². The lowest BCUT2D eigenvalue weighted by atomic mass is 10.4. The van der Waals surface area contributed by atoms with Crippen LogP contribution in [0.5, 0.6) is 0 Å². The van der Waals surface area contributed by atoms with Gasteiger partial charge in [-0.2, -0.15) is 0 Å². The van der Waals surface area contributed by atoms with Gasteiger partial charge in [-0.15, -0.1) is 0 Å². The van der Waals surface area contributed by atoms with E-state index in [1.165, 1.54) is 9.80 Å². The molecule has 0 aliphatic carbocycles. The maximum absolute atomic E-state index is 9.12. The number of rotatable bonds is 4. The summed E-state index contributed by atoms with van der Waals surface area (Å²) in [6.45, 7) is 10.2. The molecule has 1 aliphatic rings. The maximum atomic E-state index is 9.12. The van der Waals surface area contributed by atoms with Crippen LogP contribution < -0.4 is 9.80 Å². The van der Waals surface area contributed by atoms with E-state index in [-0.39, 0.29) is 13.2 Å². The summed E-state index contributed by atoms with van der Waals surface area (Å²) in [7, 11) is 0. The van der Waals surface area contributed by atoms with Gasteiger partial charge in [-0.05, 0) is 0 Å². The van der Waals surface area contributed by atoms with Gasteiger partial charge in [-0.25, -0.2) is 0 Å². The topological polar surface area (TPSA) is 86.3 Å². The minimum absolute atomic E-state index is 0.175. The van der Waals surface area contributed by atoms with Crippen molar-refractivity contribution in [3.05, 3.63) is 0 Å². The van der Waals surface area contributed by atoms with E-state index in [9.17, 15) is 0 Å². The zero-order chi connectivity index (χ0) is 17.3. The fourth-order valence-electron chi connectivity index (χ4n) is 2.58. The lowest BCUT2D eigenvalue weighted by Gasteiger charge is -2.20. The third-order valence-corrected chi connectivity index (χ3v) is 4.07. The monoisotopic (exact) mass is 352 g/mol. The Morgan fingerprint density at radius 1 is 0.500 bits per heavy atom. The van der Waals surface area contributed by atoms with Crippen LogP contribution in [0.2, 0.25) is 0 Å². The Morgan fingerprint density at radius 3 is 1.04 bits per heavy atom. The minimum atomic E-state index is 0.175. The fourth-order valence-corrected chi connectivity index (χ4v) is 2.58. The first-order chi connectivity index (χ1) is 11.9. The molecule has 0 aromatic rings. The standard InChI is InChI=1S/C16H34N2O6/c19-7-1-17-3-9-21-13-15-23-11-5-18(2-8-20)6-12-24-16-14-22-10-4-17/h19-20H,1-16H2/p+2. The van der Waals surface area contributed by atoms with Crippen molar-refractivity contribution < 1.29 is 39.0 Å². The van der Waals surface area contributed by atoms with Gasteiger partial charge in [0, 0.05) is 0 Å². The van der Waals surface area contributed by atoms with Crippen LogP contribution in [0.3, 0.4) is 0 Å². The molecule has 0 amide bonds. The van der Waals surface area contributed by atoms with E-state index in [2.05, 4.69) is 0 Å². The smallest absolute Gasteiger partial charge is 0.101 e. The van der Waals surface area contributed by atoms with Gasteiger partial charge in [0.2, 0.25) is 0 Å². The molecular formula is C16H36N2O6+2. The van der Waals surface area contributed by atoms with Crippen molar-refractivity contribution in [2.24, 2.45) is 0 Å². The Morgan fingerprint density at radius 2 is 0.792 bits per heavy atom. The Labute approximate surface area is 145 Å². The highest BCUT2D eigenvalue weighted by atomic mass is 16.5. The Balaban J connectivity index is 2.29. The molecule has 0 bridgehead atoms. The van der Waals surface area contributed by atoms with Gasteiger partial charge in [-0.3, -0.25) is 0 Å². The molecule has 0 radical (unpaired) electrons. The highest BCUT2D eigenvalue weighted by Gasteiger charge is 2.10. The number of nitrogens with one attached hydrogen (secondary N) is 2. The van der Waals surface area contributed by atoms with E-state index in [0.29, 0.717) is 65.9 Å². The molecule has 4 N–H and O–H groups in total. The van der Waals surface area contributed by atoms with E-state index < -0.39 is 0 Å². The first-order valence-corrected chi connectivity index (χ1v) is 9.06. The average molecular weight is 352 g/mol. The predicted molar refractivity (Wildman–Crippen MR) is 88.6 cm³/mol. The number of hydrogen-bond donors (Lipinski definition) is 4. The Bertz CT molecular complexity index is 227. The molecule has 0 aromatic carbocycles. The lowest BCUT2D eigenvalue weighted by molar-refractivity contribution is -0.901. The first-order valence-electron chi connectivity index (χ1n) is 9.06. The molecule has 8 nitrogen and oxygen atoms in total. The molecule has 144 valence electrons. The summed E-state index contributed by atoms with van der Waals surface area (Å²) in [6.07, 6.45) is 0. The van der Waals surface area contributed by atoms with E-state index in [0.717, 1.165) is 26.2 Å². The van der Waals surface area contributed by atoms with Crippen molar-refractivity contribution in [3.8, 4) is 0 Å². The van der Waals surface area contributed by atoms with Crippen LogP contribution in [0.25, 0.3) is 0 Å². The SMILES string of the molecule is OCC[NH+]1CCOCCOCC[NH+](CCO)CCOCCOCC1. The van der Waals surface area contributed by atoms with Crippen molar-refractivity contribution in [3.63, 3.8) is 0 Å². The van der Waals surface area contributed by atoms with Crippen LogP contribution >= 0.6 is 0 Å². The molecule has 1 rings (SSSR count). The molecule has 0 saturated carbocycles. The first kappa shape index (κ1) is 21.7. The van der Waals surface area contributed by atoms with E-state index >= 15 is 0 Å². The van der Waals surface area contributed by atoms with Gasteiger partial charge in [0.25, 0.3) is 0 Å². The molecule has 0 aromatic heterocycles. The predicted octanol–water partition coefficient (Wildman–Crippen LogP) is -4.18. The molecule has 8 heteroatoms. The van der Waals surface area contributed by atoms with Gasteiger partial charge >= 0.3 is 0 Å². The second kappa shape index (κ2) is 16.2. The largest absolute Gasteiger partial charge is 0.391 e. The second-order valence-electron chi connectivity index (χ2n) is 5.90. The van der Waals surface area contributed by atoms with Crippen LogP contribution in [0.4, 0.5) is 0 Å². The number of ether oxygens (including phenoxy) is 4. The maximum Gasteiger partial charge on any atom is 0.101 e.